The third-order valence-electron chi connectivity index (χ3n) is 3.36. The number of Topliss-reactive ketones (excluding diaryl/α,β-unsaturated/α-hetero) is 1. The molecule has 1 fully saturated rings. The minimum atomic E-state index is -0.235. The third-order valence-corrected chi connectivity index (χ3v) is 3.36. The molecule has 1 aliphatic rings. The molecule has 0 amide bonds. The summed E-state index contributed by atoms with van der Waals surface area (Å²) >= 11 is 0. The Kier molecular flexibility index (Phi) is 5.99. The molecular formula is C13H25NO2. The number of aliphatic hydroxyl groups excluding tert-OH is 1. The van der Waals surface area contributed by atoms with E-state index in [2.05, 4.69) is 4.90 Å². The van der Waals surface area contributed by atoms with Crippen molar-refractivity contribution < 1.29 is 9.90 Å². The summed E-state index contributed by atoms with van der Waals surface area (Å²) in [5, 5.41) is 9.33. The van der Waals surface area contributed by atoms with Gasteiger partial charge in [-0.05, 0) is 39.7 Å². The van der Waals surface area contributed by atoms with Crippen LogP contribution in [0.4, 0.5) is 0 Å². The van der Waals surface area contributed by atoms with Gasteiger partial charge in [0, 0.05) is 19.0 Å². The topological polar surface area (TPSA) is 40.5 Å². The monoisotopic (exact) mass is 227 g/mol. The first-order valence-corrected chi connectivity index (χ1v) is 6.51. The fourth-order valence-corrected chi connectivity index (χ4v) is 2.45. The van der Waals surface area contributed by atoms with Crippen LogP contribution in [0.1, 0.15) is 52.4 Å². The van der Waals surface area contributed by atoms with Crippen molar-refractivity contribution in [3.05, 3.63) is 0 Å². The van der Waals surface area contributed by atoms with E-state index in [0.29, 0.717) is 12.5 Å². The fourth-order valence-electron chi connectivity index (χ4n) is 2.45. The third kappa shape index (κ3) is 5.08. The van der Waals surface area contributed by atoms with Gasteiger partial charge >= 0.3 is 0 Å². The van der Waals surface area contributed by atoms with Gasteiger partial charge in [-0.3, -0.25) is 9.69 Å². The van der Waals surface area contributed by atoms with Crippen LogP contribution in [0.3, 0.4) is 0 Å². The smallest absolute Gasteiger partial charge is 0.131 e. The molecule has 3 heteroatoms. The van der Waals surface area contributed by atoms with Crippen molar-refractivity contribution >= 4 is 5.78 Å². The van der Waals surface area contributed by atoms with Gasteiger partial charge in [-0.25, -0.2) is 0 Å². The van der Waals surface area contributed by atoms with Crippen LogP contribution in [0.15, 0.2) is 0 Å². The molecule has 0 radical (unpaired) electrons. The highest BCUT2D eigenvalue weighted by Crippen LogP contribution is 2.20. The maximum Gasteiger partial charge on any atom is 0.131 e. The van der Waals surface area contributed by atoms with Crippen molar-refractivity contribution in [1.29, 1.82) is 0 Å². The van der Waals surface area contributed by atoms with E-state index in [1.54, 1.807) is 6.92 Å². The molecule has 1 saturated heterocycles. The minimum Gasteiger partial charge on any atom is -0.393 e. The minimum absolute atomic E-state index is 0.235. The Morgan fingerprint density at radius 2 is 2.19 bits per heavy atom. The predicted octanol–water partition coefficient (Wildman–Crippen LogP) is 1.98. The molecular weight excluding hydrogens is 202 g/mol. The van der Waals surface area contributed by atoms with Gasteiger partial charge in [0.05, 0.1) is 6.10 Å². The van der Waals surface area contributed by atoms with E-state index >= 15 is 0 Å². The van der Waals surface area contributed by atoms with Crippen LogP contribution in [-0.4, -0.2) is 41.0 Å². The molecule has 0 aromatic heterocycles. The Labute approximate surface area is 98.8 Å². The van der Waals surface area contributed by atoms with E-state index in [-0.39, 0.29) is 11.9 Å². The second kappa shape index (κ2) is 7.02. The summed E-state index contributed by atoms with van der Waals surface area (Å²) in [5.74, 6) is 0.286. The van der Waals surface area contributed by atoms with Gasteiger partial charge in [0.2, 0.25) is 0 Å². The maximum atomic E-state index is 11.2. The van der Waals surface area contributed by atoms with E-state index < -0.39 is 0 Å². The van der Waals surface area contributed by atoms with E-state index in [1.165, 1.54) is 19.3 Å². The lowest BCUT2D eigenvalue weighted by atomic mass is 10.0. The molecule has 0 aromatic carbocycles. The Morgan fingerprint density at radius 3 is 2.81 bits per heavy atom. The molecule has 0 aliphatic carbocycles. The summed E-state index contributed by atoms with van der Waals surface area (Å²) in [5.41, 5.74) is 0. The summed E-state index contributed by atoms with van der Waals surface area (Å²) < 4.78 is 0. The number of rotatable bonds is 5. The molecule has 2 atom stereocenters. The van der Waals surface area contributed by atoms with Crippen LogP contribution >= 0.6 is 0 Å². The van der Waals surface area contributed by atoms with E-state index in [9.17, 15) is 9.90 Å². The zero-order valence-electron chi connectivity index (χ0n) is 10.6. The average Bonchev–Trinajstić information content (AvgIpc) is 2.39. The summed E-state index contributed by atoms with van der Waals surface area (Å²) in [6.45, 7) is 5.52. The van der Waals surface area contributed by atoms with Crippen LogP contribution in [-0.2, 0) is 4.79 Å². The summed E-state index contributed by atoms with van der Waals surface area (Å²) in [7, 11) is 0. The van der Waals surface area contributed by atoms with Gasteiger partial charge in [-0.15, -0.1) is 0 Å². The number of carbonyl (C=O) groups is 1. The SMILES string of the molecule is CC(=O)CC1CCCCCN1CCC(C)O. The summed E-state index contributed by atoms with van der Waals surface area (Å²) in [4.78, 5) is 13.6. The number of aliphatic hydroxyl groups is 1. The van der Waals surface area contributed by atoms with Crippen LogP contribution in [0.5, 0.6) is 0 Å². The first-order chi connectivity index (χ1) is 7.59. The lowest BCUT2D eigenvalue weighted by Gasteiger charge is -2.29. The number of ketones is 1. The number of likely N-dealkylation sites (tertiary alicyclic amines) is 1. The van der Waals surface area contributed by atoms with Crippen molar-refractivity contribution in [3.8, 4) is 0 Å². The van der Waals surface area contributed by atoms with Gasteiger partial charge in [0.1, 0.15) is 5.78 Å². The molecule has 1 aliphatic heterocycles. The number of hydrogen-bond donors (Lipinski definition) is 1. The standard InChI is InChI=1S/C13H25NO2/c1-11(15)7-9-14-8-5-3-4-6-13(14)10-12(2)16/h11,13,15H,3-10H2,1-2H3. The summed E-state index contributed by atoms with van der Waals surface area (Å²) in [6, 6.07) is 0.416. The molecule has 3 nitrogen and oxygen atoms in total. The second-order valence-electron chi connectivity index (χ2n) is 5.08. The quantitative estimate of drug-likeness (QED) is 0.780. The molecule has 2 unspecified atom stereocenters. The fraction of sp³-hybridized carbons (Fsp3) is 0.923. The van der Waals surface area contributed by atoms with Crippen molar-refractivity contribution in [2.24, 2.45) is 0 Å². The van der Waals surface area contributed by atoms with Gasteiger partial charge in [0.25, 0.3) is 0 Å². The van der Waals surface area contributed by atoms with Crippen LogP contribution < -0.4 is 0 Å². The number of hydrogen-bond acceptors (Lipinski definition) is 3. The van der Waals surface area contributed by atoms with Crippen molar-refractivity contribution in [1.82, 2.24) is 4.90 Å². The highest BCUT2D eigenvalue weighted by Gasteiger charge is 2.22. The largest absolute Gasteiger partial charge is 0.393 e. The first-order valence-electron chi connectivity index (χ1n) is 6.51. The molecule has 0 saturated carbocycles. The maximum absolute atomic E-state index is 11.2. The second-order valence-corrected chi connectivity index (χ2v) is 5.08. The zero-order chi connectivity index (χ0) is 12.0. The van der Waals surface area contributed by atoms with E-state index in [4.69, 9.17) is 0 Å². The zero-order valence-corrected chi connectivity index (χ0v) is 10.6. The Bertz CT molecular complexity index is 216. The van der Waals surface area contributed by atoms with Crippen molar-refractivity contribution in [2.45, 2.75) is 64.5 Å². The molecule has 1 N–H and O–H groups in total. The normalized spacial score (nSPS) is 25.1. The average molecular weight is 227 g/mol. The van der Waals surface area contributed by atoms with Crippen LogP contribution in [0.25, 0.3) is 0 Å². The molecule has 0 spiro atoms. The van der Waals surface area contributed by atoms with Crippen molar-refractivity contribution in [3.63, 3.8) is 0 Å². The number of nitrogens with zero attached hydrogens (tertiary/aromatic N) is 1. The lowest BCUT2D eigenvalue weighted by molar-refractivity contribution is -0.118. The van der Waals surface area contributed by atoms with E-state index in [0.717, 1.165) is 25.9 Å². The molecule has 16 heavy (non-hydrogen) atoms. The van der Waals surface area contributed by atoms with Crippen LogP contribution in [0.2, 0.25) is 0 Å². The Balaban J connectivity index is 2.47. The van der Waals surface area contributed by atoms with Gasteiger partial charge in [-0.2, -0.15) is 0 Å². The van der Waals surface area contributed by atoms with E-state index in [1.807, 2.05) is 6.92 Å². The Morgan fingerprint density at radius 1 is 1.44 bits per heavy atom. The molecule has 1 rings (SSSR count). The Hall–Kier alpha value is -0.410. The highest BCUT2D eigenvalue weighted by molar-refractivity contribution is 5.76. The van der Waals surface area contributed by atoms with Gasteiger partial charge < -0.3 is 5.11 Å². The summed E-state index contributed by atoms with van der Waals surface area (Å²) in [6.07, 6.45) is 6.14. The lowest BCUT2D eigenvalue weighted by Crippen LogP contribution is -2.37. The predicted molar refractivity (Wildman–Crippen MR) is 65.4 cm³/mol. The van der Waals surface area contributed by atoms with Gasteiger partial charge in [0.15, 0.2) is 0 Å². The van der Waals surface area contributed by atoms with Crippen LogP contribution in [0, 0.1) is 0 Å². The van der Waals surface area contributed by atoms with Crippen molar-refractivity contribution in [2.75, 3.05) is 13.1 Å². The molecule has 1 heterocycles. The number of carbonyl (C=O) groups excluding carboxylic acids is 1. The highest BCUT2D eigenvalue weighted by atomic mass is 16.3. The molecule has 94 valence electrons. The molecule has 0 aromatic rings. The first kappa shape index (κ1) is 13.7. The van der Waals surface area contributed by atoms with Gasteiger partial charge in [-0.1, -0.05) is 12.8 Å². The molecule has 0 bridgehead atoms.